The average Bonchev–Trinajstić information content (AvgIpc) is 2.64. The zero-order chi connectivity index (χ0) is 19.4. The summed E-state index contributed by atoms with van der Waals surface area (Å²) in [5, 5.41) is 2.26. The maximum absolute atomic E-state index is 14.1. The summed E-state index contributed by atoms with van der Waals surface area (Å²) in [6.07, 6.45) is 0. The van der Waals surface area contributed by atoms with E-state index in [2.05, 4.69) is 5.32 Å². The van der Waals surface area contributed by atoms with Crippen LogP contribution in [0.15, 0.2) is 47.4 Å². The molecule has 2 aromatic carbocycles. The Hall–Kier alpha value is -2.65. The minimum atomic E-state index is -4.05. The summed E-state index contributed by atoms with van der Waals surface area (Å²) < 4.78 is 45.7. The summed E-state index contributed by atoms with van der Waals surface area (Å²) in [5.41, 5.74) is 1.51. The maximum Gasteiger partial charge on any atom is 0.333 e. The molecule has 1 saturated heterocycles. The van der Waals surface area contributed by atoms with Gasteiger partial charge in [-0.15, -0.1) is 0 Å². The second kappa shape index (κ2) is 7.93. The van der Waals surface area contributed by atoms with Crippen molar-refractivity contribution in [1.29, 1.82) is 0 Å². The Bertz CT molecular complexity index is 926. The molecule has 0 aliphatic carbocycles. The van der Waals surface area contributed by atoms with Gasteiger partial charge < -0.3 is 15.0 Å². The normalized spacial score (nSPS) is 14.7. The second-order valence-electron chi connectivity index (χ2n) is 6.14. The molecule has 2 N–H and O–H groups in total. The van der Waals surface area contributed by atoms with Crippen LogP contribution in [0.3, 0.4) is 0 Å². The van der Waals surface area contributed by atoms with E-state index in [1.807, 2.05) is 16.5 Å². The lowest BCUT2D eigenvalue weighted by molar-refractivity contribution is 0.122. The smallest absolute Gasteiger partial charge is 0.333 e. The Morgan fingerprint density at radius 3 is 2.44 bits per heavy atom. The molecule has 1 fully saturated rings. The van der Waals surface area contributed by atoms with Crippen molar-refractivity contribution in [2.45, 2.75) is 11.8 Å². The molecule has 7 nitrogen and oxygen atoms in total. The molecule has 144 valence electrons. The number of benzene rings is 2. The fraction of sp³-hybridized carbons (Fsp3) is 0.278. The molecule has 0 atom stereocenters. The number of aryl methyl sites for hydroxylation is 1. The first-order chi connectivity index (χ1) is 12.8. The van der Waals surface area contributed by atoms with Crippen LogP contribution in [0.25, 0.3) is 0 Å². The van der Waals surface area contributed by atoms with Crippen molar-refractivity contribution < 1.29 is 22.3 Å². The van der Waals surface area contributed by atoms with E-state index in [0.717, 1.165) is 11.3 Å². The van der Waals surface area contributed by atoms with E-state index in [9.17, 15) is 17.6 Å². The number of hydrogen-bond donors (Lipinski definition) is 2. The zero-order valence-corrected chi connectivity index (χ0v) is 15.6. The van der Waals surface area contributed by atoms with Crippen molar-refractivity contribution in [2.24, 2.45) is 0 Å². The van der Waals surface area contributed by atoms with E-state index in [4.69, 9.17) is 4.74 Å². The third-order valence-electron chi connectivity index (χ3n) is 4.13. The first-order valence-electron chi connectivity index (χ1n) is 8.38. The second-order valence-corrected chi connectivity index (χ2v) is 7.82. The van der Waals surface area contributed by atoms with Gasteiger partial charge in [0.25, 0.3) is 10.0 Å². The van der Waals surface area contributed by atoms with Gasteiger partial charge in [0.05, 0.1) is 23.8 Å². The minimum Gasteiger partial charge on any atom is -0.378 e. The van der Waals surface area contributed by atoms with Gasteiger partial charge in [0.2, 0.25) is 0 Å². The molecule has 1 heterocycles. The van der Waals surface area contributed by atoms with Crippen LogP contribution in [0.2, 0.25) is 0 Å². The molecule has 27 heavy (non-hydrogen) atoms. The molecule has 9 heteroatoms. The lowest BCUT2D eigenvalue weighted by Gasteiger charge is -2.29. The summed E-state index contributed by atoms with van der Waals surface area (Å²) >= 11 is 0. The third-order valence-corrected chi connectivity index (χ3v) is 5.48. The molecule has 1 aliphatic heterocycles. The highest BCUT2D eigenvalue weighted by molar-refractivity contribution is 7.90. The number of nitrogens with one attached hydrogen (secondary N) is 2. The van der Waals surface area contributed by atoms with Crippen molar-refractivity contribution in [1.82, 2.24) is 4.72 Å². The first-order valence-corrected chi connectivity index (χ1v) is 9.86. The molecule has 2 amide bonds. The molecular weight excluding hydrogens is 373 g/mol. The van der Waals surface area contributed by atoms with E-state index in [1.54, 1.807) is 18.2 Å². The van der Waals surface area contributed by atoms with Crippen molar-refractivity contribution in [3.05, 3.63) is 53.8 Å². The van der Waals surface area contributed by atoms with E-state index in [-0.39, 0.29) is 10.6 Å². The fourth-order valence-corrected chi connectivity index (χ4v) is 3.58. The predicted octanol–water partition coefficient (Wildman–Crippen LogP) is 2.48. The number of urea groups is 1. The summed E-state index contributed by atoms with van der Waals surface area (Å²) in [7, 11) is -4.05. The number of rotatable bonds is 4. The SMILES string of the molecule is Cc1ccc(S(=O)(=O)NC(=O)Nc2cc(N3CCOCC3)ccc2F)cc1. The van der Waals surface area contributed by atoms with Crippen molar-refractivity contribution >= 4 is 27.4 Å². The largest absolute Gasteiger partial charge is 0.378 e. The van der Waals surface area contributed by atoms with Gasteiger partial charge in [0.1, 0.15) is 5.82 Å². The molecule has 0 unspecified atom stereocenters. The minimum absolute atomic E-state index is 0.0502. The number of carbonyl (C=O) groups is 1. The number of ether oxygens (including phenoxy) is 1. The first kappa shape index (κ1) is 19.1. The quantitative estimate of drug-likeness (QED) is 0.833. The molecule has 3 rings (SSSR count). The topological polar surface area (TPSA) is 87.7 Å². The van der Waals surface area contributed by atoms with Crippen LogP contribution < -0.4 is 14.9 Å². The molecule has 0 spiro atoms. The Labute approximate surface area is 157 Å². The summed E-state index contributed by atoms with van der Waals surface area (Å²) in [5.74, 6) is -0.658. The van der Waals surface area contributed by atoms with E-state index in [0.29, 0.717) is 26.3 Å². The van der Waals surface area contributed by atoms with Crippen molar-refractivity contribution in [3.63, 3.8) is 0 Å². The number of anilines is 2. The lowest BCUT2D eigenvalue weighted by atomic mass is 10.2. The van der Waals surface area contributed by atoms with Crippen molar-refractivity contribution in [2.75, 3.05) is 36.5 Å². The highest BCUT2D eigenvalue weighted by Crippen LogP contribution is 2.23. The zero-order valence-electron chi connectivity index (χ0n) is 14.7. The van der Waals surface area contributed by atoms with Crippen LogP contribution in [0.4, 0.5) is 20.6 Å². The van der Waals surface area contributed by atoms with Crippen LogP contribution in [0.5, 0.6) is 0 Å². The summed E-state index contributed by atoms with van der Waals surface area (Å²) in [6.45, 7) is 4.25. The van der Waals surface area contributed by atoms with Gasteiger partial charge in [-0.05, 0) is 37.3 Å². The van der Waals surface area contributed by atoms with Crippen LogP contribution in [-0.4, -0.2) is 40.8 Å². The van der Waals surface area contributed by atoms with Crippen LogP contribution >= 0.6 is 0 Å². The highest BCUT2D eigenvalue weighted by atomic mass is 32.2. The van der Waals surface area contributed by atoms with Gasteiger partial charge in [0.15, 0.2) is 0 Å². The molecule has 0 aromatic heterocycles. The summed E-state index contributed by atoms with van der Waals surface area (Å²) in [6, 6.07) is 9.31. The number of carbonyl (C=O) groups excluding carboxylic acids is 1. The highest BCUT2D eigenvalue weighted by Gasteiger charge is 2.19. The van der Waals surface area contributed by atoms with Crippen LogP contribution in [0, 0.1) is 12.7 Å². The van der Waals surface area contributed by atoms with Gasteiger partial charge in [-0.25, -0.2) is 22.3 Å². The molecule has 0 radical (unpaired) electrons. The lowest BCUT2D eigenvalue weighted by Crippen LogP contribution is -2.36. The van der Waals surface area contributed by atoms with Gasteiger partial charge in [-0.3, -0.25) is 0 Å². The number of morpholine rings is 1. The van der Waals surface area contributed by atoms with Crippen molar-refractivity contribution in [3.8, 4) is 0 Å². The van der Waals surface area contributed by atoms with E-state index < -0.39 is 21.9 Å². The Morgan fingerprint density at radius 1 is 1.11 bits per heavy atom. The maximum atomic E-state index is 14.1. The van der Waals surface area contributed by atoms with Gasteiger partial charge in [-0.1, -0.05) is 17.7 Å². The van der Waals surface area contributed by atoms with Crippen LogP contribution in [-0.2, 0) is 14.8 Å². The van der Waals surface area contributed by atoms with Gasteiger partial charge in [-0.2, -0.15) is 0 Å². The number of halogens is 1. The standard InChI is InChI=1S/C18H20FN3O4S/c1-13-2-5-15(6-3-13)27(24,25)21-18(23)20-17-12-14(4-7-16(17)19)22-8-10-26-11-9-22/h2-7,12H,8-11H2,1H3,(H2,20,21,23). The monoisotopic (exact) mass is 393 g/mol. The third kappa shape index (κ3) is 4.75. The predicted molar refractivity (Wildman–Crippen MR) is 100.0 cm³/mol. The average molecular weight is 393 g/mol. The molecule has 0 saturated carbocycles. The number of amides is 2. The number of nitrogens with zero attached hydrogens (tertiary/aromatic N) is 1. The van der Waals surface area contributed by atoms with Gasteiger partial charge in [0, 0.05) is 18.8 Å². The molecule has 1 aliphatic rings. The van der Waals surface area contributed by atoms with E-state index >= 15 is 0 Å². The molecule has 2 aromatic rings. The molecule has 0 bridgehead atoms. The van der Waals surface area contributed by atoms with E-state index in [1.165, 1.54) is 24.3 Å². The van der Waals surface area contributed by atoms with Gasteiger partial charge >= 0.3 is 6.03 Å². The fourth-order valence-electron chi connectivity index (χ4n) is 2.67. The summed E-state index contributed by atoms with van der Waals surface area (Å²) in [4.78, 5) is 14.1. The number of sulfonamides is 1. The molecular formula is C18H20FN3O4S. The Balaban J connectivity index is 1.72. The number of hydrogen-bond acceptors (Lipinski definition) is 5. The Kier molecular flexibility index (Phi) is 5.62. The Morgan fingerprint density at radius 2 is 1.78 bits per heavy atom. The van der Waals surface area contributed by atoms with Crippen LogP contribution in [0.1, 0.15) is 5.56 Å².